The van der Waals surface area contributed by atoms with Gasteiger partial charge in [0.2, 0.25) is 0 Å². The summed E-state index contributed by atoms with van der Waals surface area (Å²) in [6, 6.07) is 12.8. The molecule has 7 heteroatoms. The number of nitrogens with one attached hydrogen (secondary N) is 2. The minimum atomic E-state index is -1.12. The highest BCUT2D eigenvalue weighted by Gasteiger charge is 2.15. The first-order chi connectivity index (χ1) is 14.1. The standard InChI is InChI=1S/C22H27FN2O4/c23-20-10-2-1-9-19(20)21(26)13-24-22(27)25-17-7-5-6-16(12-17)14-28-15-18-8-3-4-11-29-18/h1-2,5-7,9-10,12,18,21,26H,3-4,8,11,13-15H2,(H2,24,25,27). The lowest BCUT2D eigenvalue weighted by atomic mass is 10.1. The van der Waals surface area contributed by atoms with Gasteiger partial charge in [-0.3, -0.25) is 0 Å². The summed E-state index contributed by atoms with van der Waals surface area (Å²) < 4.78 is 25.0. The summed E-state index contributed by atoms with van der Waals surface area (Å²) in [6.45, 7) is 1.69. The number of rotatable bonds is 8. The molecule has 1 aliphatic heterocycles. The number of amides is 2. The zero-order chi connectivity index (χ0) is 20.5. The van der Waals surface area contributed by atoms with Crippen molar-refractivity contribution < 1.29 is 23.8 Å². The zero-order valence-electron chi connectivity index (χ0n) is 16.3. The quantitative estimate of drug-likeness (QED) is 0.628. The number of hydrogen-bond donors (Lipinski definition) is 3. The molecule has 2 unspecified atom stereocenters. The third kappa shape index (κ3) is 6.81. The molecular weight excluding hydrogens is 375 g/mol. The van der Waals surface area contributed by atoms with Crippen LogP contribution in [0.25, 0.3) is 0 Å². The van der Waals surface area contributed by atoms with Crippen LogP contribution in [0, 0.1) is 5.82 Å². The average Bonchev–Trinajstić information content (AvgIpc) is 2.73. The molecule has 2 aromatic rings. The highest BCUT2D eigenvalue weighted by molar-refractivity contribution is 5.89. The second kappa shape index (κ2) is 10.9. The molecule has 0 aromatic heterocycles. The van der Waals surface area contributed by atoms with E-state index in [0.717, 1.165) is 25.0 Å². The summed E-state index contributed by atoms with van der Waals surface area (Å²) in [7, 11) is 0. The molecule has 3 rings (SSSR count). The Kier molecular flexibility index (Phi) is 7.98. The minimum Gasteiger partial charge on any atom is -0.386 e. The molecule has 1 aliphatic rings. The lowest BCUT2D eigenvalue weighted by molar-refractivity contribution is -0.0447. The number of benzene rings is 2. The van der Waals surface area contributed by atoms with Gasteiger partial charge in [0.1, 0.15) is 5.82 Å². The Labute approximate surface area is 170 Å². The van der Waals surface area contributed by atoms with Gasteiger partial charge in [-0.15, -0.1) is 0 Å². The topological polar surface area (TPSA) is 79.8 Å². The Bertz CT molecular complexity index is 796. The molecule has 0 radical (unpaired) electrons. The lowest BCUT2D eigenvalue weighted by Crippen LogP contribution is -2.32. The summed E-state index contributed by atoms with van der Waals surface area (Å²) >= 11 is 0. The summed E-state index contributed by atoms with van der Waals surface area (Å²) in [5.74, 6) is -0.506. The normalized spacial score (nSPS) is 17.5. The van der Waals surface area contributed by atoms with Crippen molar-refractivity contribution >= 4 is 11.7 Å². The molecule has 1 saturated heterocycles. The van der Waals surface area contributed by atoms with Crippen molar-refractivity contribution in [2.75, 3.05) is 25.1 Å². The van der Waals surface area contributed by atoms with Crippen LogP contribution in [0.1, 0.15) is 36.5 Å². The van der Waals surface area contributed by atoms with Gasteiger partial charge in [-0.25, -0.2) is 9.18 Å². The first-order valence-electron chi connectivity index (χ1n) is 9.87. The molecule has 1 fully saturated rings. The van der Waals surface area contributed by atoms with Crippen molar-refractivity contribution in [1.82, 2.24) is 5.32 Å². The second-order valence-electron chi connectivity index (χ2n) is 7.08. The molecular formula is C22H27FN2O4. The van der Waals surface area contributed by atoms with Gasteiger partial charge in [-0.1, -0.05) is 30.3 Å². The van der Waals surface area contributed by atoms with Gasteiger partial charge in [0.05, 0.1) is 25.4 Å². The molecule has 156 valence electrons. The first kappa shape index (κ1) is 21.2. The fraction of sp³-hybridized carbons (Fsp3) is 0.409. The van der Waals surface area contributed by atoms with Gasteiger partial charge >= 0.3 is 6.03 Å². The molecule has 0 aliphatic carbocycles. The maximum Gasteiger partial charge on any atom is 0.319 e. The number of carbonyl (C=O) groups is 1. The van der Waals surface area contributed by atoms with Gasteiger partial charge < -0.3 is 25.2 Å². The van der Waals surface area contributed by atoms with E-state index in [4.69, 9.17) is 9.47 Å². The van der Waals surface area contributed by atoms with E-state index in [1.807, 2.05) is 18.2 Å². The van der Waals surface area contributed by atoms with Crippen molar-refractivity contribution in [2.24, 2.45) is 0 Å². The van der Waals surface area contributed by atoms with Crippen LogP contribution in [0.4, 0.5) is 14.9 Å². The molecule has 29 heavy (non-hydrogen) atoms. The smallest absolute Gasteiger partial charge is 0.319 e. The van der Waals surface area contributed by atoms with Crippen LogP contribution >= 0.6 is 0 Å². The van der Waals surface area contributed by atoms with Gasteiger partial charge in [-0.05, 0) is 43.0 Å². The first-order valence-corrected chi connectivity index (χ1v) is 9.87. The summed E-state index contributed by atoms with van der Waals surface area (Å²) in [5.41, 5.74) is 1.69. The number of urea groups is 1. The maximum absolute atomic E-state index is 13.7. The van der Waals surface area contributed by atoms with Crippen LogP contribution in [-0.4, -0.2) is 37.0 Å². The third-order valence-electron chi connectivity index (χ3n) is 4.75. The Morgan fingerprint density at radius 2 is 2.10 bits per heavy atom. The van der Waals surface area contributed by atoms with Crippen LogP contribution in [0.5, 0.6) is 0 Å². The van der Waals surface area contributed by atoms with Crippen LogP contribution in [0.15, 0.2) is 48.5 Å². The van der Waals surface area contributed by atoms with Crippen LogP contribution in [-0.2, 0) is 16.1 Å². The highest BCUT2D eigenvalue weighted by Crippen LogP contribution is 2.17. The molecule has 2 amide bonds. The molecule has 0 saturated carbocycles. The summed E-state index contributed by atoms with van der Waals surface area (Å²) in [4.78, 5) is 12.1. The zero-order valence-corrected chi connectivity index (χ0v) is 16.3. The Hall–Kier alpha value is -2.48. The Morgan fingerprint density at radius 1 is 1.24 bits per heavy atom. The summed E-state index contributed by atoms with van der Waals surface area (Å²) in [5, 5.41) is 15.3. The van der Waals surface area contributed by atoms with Crippen molar-refractivity contribution in [3.05, 3.63) is 65.5 Å². The fourth-order valence-corrected chi connectivity index (χ4v) is 3.21. The van der Waals surface area contributed by atoms with Crippen LogP contribution in [0.3, 0.4) is 0 Å². The van der Waals surface area contributed by atoms with E-state index in [2.05, 4.69) is 10.6 Å². The monoisotopic (exact) mass is 402 g/mol. The predicted octanol–water partition coefficient (Wildman–Crippen LogP) is 3.77. The van der Waals surface area contributed by atoms with Crippen molar-refractivity contribution in [2.45, 2.75) is 38.1 Å². The Balaban J connectivity index is 1.43. The largest absolute Gasteiger partial charge is 0.386 e. The van der Waals surface area contributed by atoms with E-state index in [1.54, 1.807) is 18.2 Å². The number of aliphatic hydroxyl groups is 1. The minimum absolute atomic E-state index is 0.100. The lowest BCUT2D eigenvalue weighted by Gasteiger charge is -2.22. The van der Waals surface area contributed by atoms with E-state index >= 15 is 0 Å². The SMILES string of the molecule is O=C(NCC(O)c1ccccc1F)Nc1cccc(COCC2CCCCO2)c1. The number of aliphatic hydroxyl groups excluding tert-OH is 1. The molecule has 1 heterocycles. The van der Waals surface area contributed by atoms with Crippen molar-refractivity contribution in [3.8, 4) is 0 Å². The van der Waals surface area contributed by atoms with E-state index in [-0.39, 0.29) is 18.2 Å². The third-order valence-corrected chi connectivity index (χ3v) is 4.75. The average molecular weight is 402 g/mol. The van der Waals surface area contributed by atoms with E-state index in [1.165, 1.54) is 18.6 Å². The number of hydrogen-bond acceptors (Lipinski definition) is 4. The molecule has 0 spiro atoms. The fourth-order valence-electron chi connectivity index (χ4n) is 3.21. The van der Waals surface area contributed by atoms with Crippen molar-refractivity contribution in [1.29, 1.82) is 0 Å². The highest BCUT2D eigenvalue weighted by atomic mass is 19.1. The second-order valence-corrected chi connectivity index (χ2v) is 7.08. The Morgan fingerprint density at radius 3 is 2.90 bits per heavy atom. The molecule has 0 bridgehead atoms. The van der Waals surface area contributed by atoms with Gasteiger partial charge in [0, 0.05) is 24.4 Å². The van der Waals surface area contributed by atoms with Crippen molar-refractivity contribution in [3.63, 3.8) is 0 Å². The molecule has 2 atom stereocenters. The predicted molar refractivity (Wildman–Crippen MR) is 108 cm³/mol. The van der Waals surface area contributed by atoms with Gasteiger partial charge in [0.15, 0.2) is 0 Å². The van der Waals surface area contributed by atoms with E-state index in [9.17, 15) is 14.3 Å². The van der Waals surface area contributed by atoms with E-state index in [0.29, 0.717) is 18.9 Å². The van der Waals surface area contributed by atoms with E-state index < -0.39 is 18.0 Å². The number of anilines is 1. The number of carbonyl (C=O) groups excluding carboxylic acids is 1. The molecule has 2 aromatic carbocycles. The number of halogens is 1. The molecule has 6 nitrogen and oxygen atoms in total. The van der Waals surface area contributed by atoms with Crippen LogP contribution < -0.4 is 10.6 Å². The van der Waals surface area contributed by atoms with Gasteiger partial charge in [0.25, 0.3) is 0 Å². The van der Waals surface area contributed by atoms with Crippen LogP contribution in [0.2, 0.25) is 0 Å². The number of ether oxygens (including phenoxy) is 2. The summed E-state index contributed by atoms with van der Waals surface area (Å²) in [6.07, 6.45) is 2.36. The molecule has 3 N–H and O–H groups in total. The van der Waals surface area contributed by atoms with Gasteiger partial charge in [-0.2, -0.15) is 0 Å². The maximum atomic E-state index is 13.7.